The van der Waals surface area contributed by atoms with Crippen molar-refractivity contribution in [3.05, 3.63) is 52.5 Å². The second kappa shape index (κ2) is 6.80. The molecular weight excluding hydrogens is 390 g/mol. The van der Waals surface area contributed by atoms with Crippen molar-refractivity contribution in [1.82, 2.24) is 34.8 Å². The van der Waals surface area contributed by atoms with Crippen LogP contribution in [0.2, 0.25) is 0 Å². The second-order valence-electron chi connectivity index (χ2n) is 7.65. The number of aromatic nitrogens is 5. The number of fused-ring (bicyclic) bond motifs is 1. The van der Waals surface area contributed by atoms with Gasteiger partial charge in [-0.3, -0.25) is 14.3 Å². The molecule has 0 bridgehead atoms. The first-order valence-corrected chi connectivity index (χ1v) is 10.4. The number of nitrogens with zero attached hydrogens (tertiary/aromatic N) is 6. The lowest BCUT2D eigenvalue weighted by molar-refractivity contribution is 0.0694. The Morgan fingerprint density at radius 1 is 1.24 bits per heavy atom. The second-order valence-corrected chi connectivity index (χ2v) is 8.60. The van der Waals surface area contributed by atoms with Crippen molar-refractivity contribution in [2.75, 3.05) is 13.1 Å². The number of hydrogen-bond acceptors (Lipinski definition) is 6. The minimum Gasteiger partial charge on any atom is -0.341 e. The SMILES string of the molecule is Cn1nccc1C(=O)N1CC[C@]2(CCn3ncnc3[C@H]2NC(=O)c2cccs2)C1. The maximum absolute atomic E-state index is 13.0. The Hall–Kier alpha value is -3.01. The molecule has 1 spiro atoms. The first-order chi connectivity index (χ1) is 14.1. The summed E-state index contributed by atoms with van der Waals surface area (Å²) in [5.74, 6) is 0.616. The molecule has 9 nitrogen and oxygen atoms in total. The van der Waals surface area contributed by atoms with Gasteiger partial charge in [-0.05, 0) is 30.4 Å². The Morgan fingerprint density at radius 3 is 2.86 bits per heavy atom. The topological polar surface area (TPSA) is 97.9 Å². The molecule has 5 rings (SSSR count). The number of thiophene rings is 1. The Labute approximate surface area is 171 Å². The van der Waals surface area contributed by atoms with Gasteiger partial charge >= 0.3 is 0 Å². The molecule has 29 heavy (non-hydrogen) atoms. The van der Waals surface area contributed by atoms with Gasteiger partial charge in [-0.2, -0.15) is 10.2 Å². The van der Waals surface area contributed by atoms with Crippen LogP contribution in [0.5, 0.6) is 0 Å². The quantitative estimate of drug-likeness (QED) is 0.704. The summed E-state index contributed by atoms with van der Waals surface area (Å²) in [6.07, 6.45) is 4.80. The first-order valence-electron chi connectivity index (χ1n) is 9.57. The van der Waals surface area contributed by atoms with Gasteiger partial charge in [0.2, 0.25) is 0 Å². The average molecular weight is 411 g/mol. The van der Waals surface area contributed by atoms with E-state index in [2.05, 4.69) is 20.5 Å². The van der Waals surface area contributed by atoms with Crippen molar-refractivity contribution in [2.45, 2.75) is 25.4 Å². The van der Waals surface area contributed by atoms with Gasteiger partial charge in [0.15, 0.2) is 0 Å². The summed E-state index contributed by atoms with van der Waals surface area (Å²) in [6.45, 7) is 1.94. The zero-order chi connectivity index (χ0) is 20.0. The largest absolute Gasteiger partial charge is 0.341 e. The van der Waals surface area contributed by atoms with Crippen LogP contribution in [0.4, 0.5) is 0 Å². The summed E-state index contributed by atoms with van der Waals surface area (Å²) in [7, 11) is 1.77. The van der Waals surface area contributed by atoms with Crippen molar-refractivity contribution in [2.24, 2.45) is 12.5 Å². The smallest absolute Gasteiger partial charge is 0.272 e. The van der Waals surface area contributed by atoms with E-state index in [1.54, 1.807) is 24.0 Å². The van der Waals surface area contributed by atoms with Gasteiger partial charge in [0.05, 0.1) is 10.9 Å². The predicted molar refractivity (Wildman–Crippen MR) is 105 cm³/mol. The van der Waals surface area contributed by atoms with Crippen LogP contribution in [-0.2, 0) is 13.6 Å². The summed E-state index contributed by atoms with van der Waals surface area (Å²) in [4.78, 5) is 32.8. The fraction of sp³-hybridized carbons (Fsp3) is 0.421. The van der Waals surface area contributed by atoms with Crippen LogP contribution in [0, 0.1) is 5.41 Å². The fourth-order valence-corrected chi connectivity index (χ4v) is 5.12. The minimum absolute atomic E-state index is 0.0303. The summed E-state index contributed by atoms with van der Waals surface area (Å²) in [6, 6.07) is 5.12. The van der Waals surface area contributed by atoms with E-state index in [1.165, 1.54) is 17.7 Å². The molecule has 150 valence electrons. The van der Waals surface area contributed by atoms with Crippen LogP contribution < -0.4 is 5.32 Å². The van der Waals surface area contributed by atoms with Crippen LogP contribution in [-0.4, -0.2) is 54.3 Å². The van der Waals surface area contributed by atoms with Crippen LogP contribution in [0.1, 0.15) is 44.9 Å². The number of hydrogen-bond donors (Lipinski definition) is 1. The fourth-order valence-electron chi connectivity index (χ4n) is 4.50. The number of likely N-dealkylation sites (tertiary alicyclic amines) is 1. The third-order valence-electron chi connectivity index (χ3n) is 6.07. The molecule has 10 heteroatoms. The van der Waals surface area contributed by atoms with Gasteiger partial charge < -0.3 is 10.2 Å². The molecule has 0 unspecified atom stereocenters. The Bertz CT molecular complexity index is 1060. The number of nitrogens with one attached hydrogen (secondary N) is 1. The Morgan fingerprint density at radius 2 is 2.10 bits per heavy atom. The highest BCUT2D eigenvalue weighted by atomic mass is 32.1. The van der Waals surface area contributed by atoms with Crippen LogP contribution in [0.3, 0.4) is 0 Å². The highest BCUT2D eigenvalue weighted by Crippen LogP contribution is 2.47. The van der Waals surface area contributed by atoms with Crippen LogP contribution >= 0.6 is 11.3 Å². The number of carbonyl (C=O) groups is 2. The van der Waals surface area contributed by atoms with E-state index in [9.17, 15) is 9.59 Å². The van der Waals surface area contributed by atoms with E-state index < -0.39 is 0 Å². The highest BCUT2D eigenvalue weighted by Gasteiger charge is 2.51. The zero-order valence-electron chi connectivity index (χ0n) is 16.0. The molecule has 0 aliphatic carbocycles. The van der Waals surface area contributed by atoms with E-state index in [0.717, 1.165) is 25.2 Å². The molecular formula is C19H21N7O2S. The third-order valence-corrected chi connectivity index (χ3v) is 6.94. The minimum atomic E-state index is -0.294. The lowest BCUT2D eigenvalue weighted by Gasteiger charge is -2.40. The molecule has 1 N–H and O–H groups in total. The molecule has 5 heterocycles. The third kappa shape index (κ3) is 2.94. The van der Waals surface area contributed by atoms with E-state index >= 15 is 0 Å². The lowest BCUT2D eigenvalue weighted by Crippen LogP contribution is -2.48. The van der Waals surface area contributed by atoms with E-state index in [1.807, 2.05) is 27.1 Å². The van der Waals surface area contributed by atoms with Gasteiger partial charge in [-0.25, -0.2) is 9.67 Å². The number of amides is 2. The summed E-state index contributed by atoms with van der Waals surface area (Å²) in [5, 5.41) is 13.5. The van der Waals surface area contributed by atoms with Gasteiger partial charge in [-0.1, -0.05) is 6.07 Å². The van der Waals surface area contributed by atoms with Crippen molar-refractivity contribution >= 4 is 23.2 Å². The molecule has 2 aliphatic heterocycles. The Kier molecular flexibility index (Phi) is 4.23. The molecule has 2 atom stereocenters. The van der Waals surface area contributed by atoms with Crippen molar-refractivity contribution < 1.29 is 9.59 Å². The maximum Gasteiger partial charge on any atom is 0.272 e. The van der Waals surface area contributed by atoms with Crippen LogP contribution in [0.25, 0.3) is 0 Å². The number of rotatable bonds is 3. The number of aryl methyl sites for hydroxylation is 2. The molecule has 1 fully saturated rings. The zero-order valence-corrected chi connectivity index (χ0v) is 16.8. The molecule has 2 amide bonds. The van der Waals surface area contributed by atoms with Crippen molar-refractivity contribution in [3.63, 3.8) is 0 Å². The van der Waals surface area contributed by atoms with Crippen molar-refractivity contribution in [1.29, 1.82) is 0 Å². The van der Waals surface area contributed by atoms with Crippen LogP contribution in [0.15, 0.2) is 36.1 Å². The summed E-state index contributed by atoms with van der Waals surface area (Å²) < 4.78 is 3.46. The van der Waals surface area contributed by atoms with E-state index in [-0.39, 0.29) is 23.3 Å². The van der Waals surface area contributed by atoms with Gasteiger partial charge in [-0.15, -0.1) is 11.3 Å². The average Bonchev–Trinajstić information content (AvgIpc) is 3.51. The number of carbonyl (C=O) groups excluding carboxylic acids is 2. The first kappa shape index (κ1) is 18.0. The molecule has 0 saturated carbocycles. The normalized spacial score (nSPS) is 23.3. The van der Waals surface area contributed by atoms with Crippen molar-refractivity contribution in [3.8, 4) is 0 Å². The molecule has 0 aromatic carbocycles. The van der Waals surface area contributed by atoms with Gasteiger partial charge in [0, 0.05) is 38.3 Å². The Balaban J connectivity index is 1.44. The molecule has 3 aromatic rings. The summed E-state index contributed by atoms with van der Waals surface area (Å²) in [5.41, 5.74) is 0.310. The van der Waals surface area contributed by atoms with E-state index in [0.29, 0.717) is 23.7 Å². The predicted octanol–water partition coefficient (Wildman–Crippen LogP) is 1.48. The monoisotopic (exact) mass is 411 g/mol. The van der Waals surface area contributed by atoms with E-state index in [4.69, 9.17) is 0 Å². The standard InChI is InChI=1S/C19H21N7O2S/c1-24-13(4-7-21-24)18(28)25-8-5-19(11-25)6-9-26-16(20-12-22-26)15(19)23-17(27)14-3-2-10-29-14/h2-4,7,10,12,15H,5-6,8-9,11H2,1H3,(H,23,27)/t15-,19+/m1/s1. The molecule has 1 saturated heterocycles. The maximum atomic E-state index is 13.0. The van der Waals surface area contributed by atoms with Gasteiger partial charge in [0.1, 0.15) is 17.8 Å². The molecule has 2 aliphatic rings. The van der Waals surface area contributed by atoms with Gasteiger partial charge in [0.25, 0.3) is 11.8 Å². The summed E-state index contributed by atoms with van der Waals surface area (Å²) >= 11 is 1.41. The molecule has 3 aromatic heterocycles. The molecule has 0 radical (unpaired) electrons. The lowest BCUT2D eigenvalue weighted by atomic mass is 9.74. The highest BCUT2D eigenvalue weighted by molar-refractivity contribution is 7.12.